The van der Waals surface area contributed by atoms with Crippen LogP contribution in [-0.4, -0.2) is 0 Å². The number of thiol groups is 1. The van der Waals surface area contributed by atoms with Crippen LogP contribution in [0.4, 0.5) is 17.1 Å². The summed E-state index contributed by atoms with van der Waals surface area (Å²) in [7, 11) is 0. The minimum Gasteiger partial charge on any atom is -0.358 e. The second-order valence-corrected chi connectivity index (χ2v) is 13.0. The molecule has 0 spiro atoms. The van der Waals surface area contributed by atoms with E-state index in [1.165, 1.54) is 38.4 Å². The van der Waals surface area contributed by atoms with Gasteiger partial charge in [0.05, 0.1) is 0 Å². The number of allylic oxidation sites excluding steroid dienone is 4. The summed E-state index contributed by atoms with van der Waals surface area (Å²) in [5.41, 5.74) is 10.3. The maximum absolute atomic E-state index is 4.96. The Labute approximate surface area is 287 Å². The van der Waals surface area contributed by atoms with Crippen molar-refractivity contribution >= 4 is 51.2 Å². The van der Waals surface area contributed by atoms with E-state index < -0.39 is 0 Å². The van der Waals surface area contributed by atoms with Gasteiger partial charge in [0.1, 0.15) is 0 Å². The van der Waals surface area contributed by atoms with Gasteiger partial charge in [0, 0.05) is 39.0 Å². The normalized spacial score (nSPS) is 15.8. The van der Waals surface area contributed by atoms with Gasteiger partial charge in [0.25, 0.3) is 0 Å². The highest BCUT2D eigenvalue weighted by Gasteiger charge is 2.24. The van der Waals surface area contributed by atoms with E-state index in [9.17, 15) is 0 Å². The van der Waals surface area contributed by atoms with Crippen LogP contribution < -0.4 is 10.6 Å². The molecule has 0 fully saturated rings. The molecular weight excluding hydrogens is 601 g/mol. The molecule has 0 heterocycles. The van der Waals surface area contributed by atoms with Crippen LogP contribution in [0, 0.1) is 5.92 Å². The molecule has 2 N–H and O–H groups in total. The third-order valence-electron chi connectivity index (χ3n) is 9.47. The van der Waals surface area contributed by atoms with Gasteiger partial charge >= 0.3 is 0 Å². The van der Waals surface area contributed by atoms with Crippen molar-refractivity contribution in [3.05, 3.63) is 181 Å². The SMILES string of the molecule is CC1C=CC=C(Nc2ccc(-c3cccc(-c4ccccc4)c3S)cc2)C1c1ccc(Nc2cc3ccccc3c3ccccc23)cc1. The lowest BCUT2D eigenvalue weighted by Crippen LogP contribution is -2.18. The van der Waals surface area contributed by atoms with E-state index in [4.69, 9.17) is 12.6 Å². The van der Waals surface area contributed by atoms with Crippen LogP contribution in [0.1, 0.15) is 18.4 Å². The third kappa shape index (κ3) is 5.78. The maximum Gasteiger partial charge on any atom is 0.0470 e. The fourth-order valence-corrected chi connectivity index (χ4v) is 7.46. The summed E-state index contributed by atoms with van der Waals surface area (Å²) in [5, 5.41) is 12.5. The standard InChI is InChI=1S/C45H36N2S/c1-30-11-9-20-42(46-35-25-21-32(22-26-35)39-19-10-18-38(45(39)48)31-12-3-2-4-13-31)44(30)33-23-27-36(28-24-33)47-43-29-34-14-5-6-15-37(34)40-16-7-8-17-41(40)43/h2-30,44,46-48H,1H3. The molecule has 0 amide bonds. The molecule has 2 unspecified atom stereocenters. The first-order valence-corrected chi connectivity index (χ1v) is 17.0. The lowest BCUT2D eigenvalue weighted by molar-refractivity contribution is 0.608. The third-order valence-corrected chi connectivity index (χ3v) is 9.96. The van der Waals surface area contributed by atoms with Gasteiger partial charge < -0.3 is 10.6 Å². The zero-order chi connectivity index (χ0) is 32.5. The number of hydrogen-bond acceptors (Lipinski definition) is 3. The molecule has 48 heavy (non-hydrogen) atoms. The van der Waals surface area contributed by atoms with Crippen LogP contribution in [0.25, 0.3) is 43.8 Å². The average molecular weight is 637 g/mol. The van der Waals surface area contributed by atoms with Crippen LogP contribution in [0.5, 0.6) is 0 Å². The Bertz CT molecular complexity index is 2300. The average Bonchev–Trinajstić information content (AvgIpc) is 3.13. The van der Waals surface area contributed by atoms with E-state index in [-0.39, 0.29) is 5.92 Å². The first kappa shape index (κ1) is 29.9. The minimum absolute atomic E-state index is 0.219. The number of benzene rings is 7. The van der Waals surface area contributed by atoms with E-state index in [1.807, 2.05) is 6.07 Å². The van der Waals surface area contributed by atoms with Crippen LogP contribution in [0.3, 0.4) is 0 Å². The lowest BCUT2D eigenvalue weighted by atomic mass is 9.81. The van der Waals surface area contributed by atoms with Gasteiger partial charge in [-0.2, -0.15) is 0 Å². The topological polar surface area (TPSA) is 24.1 Å². The summed E-state index contributed by atoms with van der Waals surface area (Å²) < 4.78 is 0. The van der Waals surface area contributed by atoms with E-state index in [2.05, 4.69) is 181 Å². The highest BCUT2D eigenvalue weighted by molar-refractivity contribution is 7.80. The van der Waals surface area contributed by atoms with E-state index >= 15 is 0 Å². The molecule has 0 bridgehead atoms. The van der Waals surface area contributed by atoms with Crippen LogP contribution in [0.2, 0.25) is 0 Å². The molecule has 7 aromatic carbocycles. The van der Waals surface area contributed by atoms with Crippen LogP contribution >= 0.6 is 12.6 Å². The Balaban J connectivity index is 1.02. The highest BCUT2D eigenvalue weighted by Crippen LogP contribution is 2.39. The molecule has 1 aliphatic carbocycles. The van der Waals surface area contributed by atoms with E-state index in [1.54, 1.807) is 0 Å². The number of fused-ring (bicyclic) bond motifs is 3. The summed E-state index contributed by atoms with van der Waals surface area (Å²) >= 11 is 4.96. The van der Waals surface area contributed by atoms with Gasteiger partial charge in [-0.25, -0.2) is 0 Å². The largest absolute Gasteiger partial charge is 0.358 e. The Kier molecular flexibility index (Phi) is 8.05. The molecule has 0 aromatic heterocycles. The first-order chi connectivity index (χ1) is 23.6. The summed E-state index contributed by atoms with van der Waals surface area (Å²) in [4.78, 5) is 0.991. The molecule has 232 valence electrons. The van der Waals surface area contributed by atoms with Crippen molar-refractivity contribution in [1.29, 1.82) is 0 Å². The second-order valence-electron chi connectivity index (χ2n) is 12.6. The Morgan fingerprint density at radius 1 is 0.542 bits per heavy atom. The summed E-state index contributed by atoms with van der Waals surface area (Å²) in [6, 6.07) is 53.9. The molecule has 2 atom stereocenters. The van der Waals surface area contributed by atoms with E-state index in [0.29, 0.717) is 5.92 Å². The number of nitrogens with one attached hydrogen (secondary N) is 2. The van der Waals surface area contributed by atoms with E-state index in [0.717, 1.165) is 38.6 Å². The molecule has 0 saturated heterocycles. The van der Waals surface area contributed by atoms with Crippen molar-refractivity contribution < 1.29 is 0 Å². The van der Waals surface area contributed by atoms with Gasteiger partial charge in [-0.3, -0.25) is 0 Å². The predicted molar refractivity (Wildman–Crippen MR) is 208 cm³/mol. The van der Waals surface area contributed by atoms with Gasteiger partial charge in [-0.15, -0.1) is 12.6 Å². The van der Waals surface area contributed by atoms with Crippen molar-refractivity contribution in [2.75, 3.05) is 10.6 Å². The van der Waals surface area contributed by atoms with Gasteiger partial charge in [0.2, 0.25) is 0 Å². The molecule has 0 radical (unpaired) electrons. The zero-order valence-electron chi connectivity index (χ0n) is 26.8. The van der Waals surface area contributed by atoms with Crippen molar-refractivity contribution in [2.45, 2.75) is 17.7 Å². The van der Waals surface area contributed by atoms with Crippen LogP contribution in [0.15, 0.2) is 180 Å². The van der Waals surface area contributed by atoms with Crippen molar-refractivity contribution in [3.8, 4) is 22.3 Å². The molecule has 3 heteroatoms. The number of hydrogen-bond donors (Lipinski definition) is 3. The van der Waals surface area contributed by atoms with Gasteiger partial charge in [-0.1, -0.05) is 140 Å². The monoisotopic (exact) mass is 636 g/mol. The maximum atomic E-state index is 4.96. The Hall–Kier alpha value is -5.51. The number of rotatable bonds is 7. The smallest absolute Gasteiger partial charge is 0.0470 e. The van der Waals surface area contributed by atoms with Crippen molar-refractivity contribution in [2.24, 2.45) is 5.92 Å². The second kappa shape index (κ2) is 12.9. The fraction of sp³-hybridized carbons (Fsp3) is 0.0667. The summed E-state index contributed by atoms with van der Waals surface area (Å²) in [6.07, 6.45) is 6.67. The van der Waals surface area contributed by atoms with Crippen molar-refractivity contribution in [1.82, 2.24) is 0 Å². The van der Waals surface area contributed by atoms with Crippen LogP contribution in [-0.2, 0) is 0 Å². The quantitative estimate of drug-likeness (QED) is 0.120. The fourth-order valence-electron chi connectivity index (χ4n) is 7.05. The lowest BCUT2D eigenvalue weighted by Gasteiger charge is -2.29. The molecular formula is C45H36N2S. The minimum atomic E-state index is 0.219. The number of anilines is 3. The Morgan fingerprint density at radius 3 is 1.90 bits per heavy atom. The molecule has 2 nitrogen and oxygen atoms in total. The highest BCUT2D eigenvalue weighted by atomic mass is 32.1. The molecule has 0 aliphatic heterocycles. The Morgan fingerprint density at radius 2 is 1.15 bits per heavy atom. The molecule has 8 rings (SSSR count). The van der Waals surface area contributed by atoms with Gasteiger partial charge in [0.15, 0.2) is 0 Å². The summed E-state index contributed by atoms with van der Waals surface area (Å²) in [5.74, 6) is 0.573. The molecule has 7 aromatic rings. The summed E-state index contributed by atoms with van der Waals surface area (Å²) in [6.45, 7) is 2.29. The molecule has 0 saturated carbocycles. The first-order valence-electron chi connectivity index (χ1n) is 16.5. The molecule has 1 aliphatic rings. The van der Waals surface area contributed by atoms with Gasteiger partial charge in [-0.05, 0) is 86.3 Å². The van der Waals surface area contributed by atoms with Crippen molar-refractivity contribution in [3.63, 3.8) is 0 Å². The predicted octanol–water partition coefficient (Wildman–Crippen LogP) is 12.6. The zero-order valence-corrected chi connectivity index (χ0v) is 27.7.